The molecule has 2 heterocycles. The molecule has 4 atom stereocenters. The molecule has 0 saturated carbocycles. The van der Waals surface area contributed by atoms with Crippen LogP contribution in [0.3, 0.4) is 0 Å². The smallest absolute Gasteiger partial charge is 0.296 e. The van der Waals surface area contributed by atoms with Gasteiger partial charge in [0.15, 0.2) is 0 Å². The van der Waals surface area contributed by atoms with Crippen molar-refractivity contribution in [1.82, 2.24) is 0 Å². The van der Waals surface area contributed by atoms with E-state index < -0.39 is 20.2 Å². The van der Waals surface area contributed by atoms with Crippen molar-refractivity contribution in [1.29, 1.82) is 0 Å². The van der Waals surface area contributed by atoms with E-state index in [9.17, 15) is 16.8 Å². The lowest BCUT2D eigenvalue weighted by atomic mass is 9.84. The minimum atomic E-state index is -3.93. The summed E-state index contributed by atoms with van der Waals surface area (Å²) in [7, 11) is -7.87. The summed E-state index contributed by atoms with van der Waals surface area (Å²) in [6.07, 6.45) is 3.02. The molecule has 0 radical (unpaired) electrons. The molecule has 7 nitrogen and oxygen atoms in total. The maximum atomic E-state index is 12.5. The van der Waals surface area contributed by atoms with Crippen molar-refractivity contribution in [2.45, 2.75) is 35.8 Å². The summed E-state index contributed by atoms with van der Waals surface area (Å²) in [5.74, 6) is -0.688. The second-order valence-electron chi connectivity index (χ2n) is 7.88. The average molecular weight is 465 g/mol. The number of rotatable bonds is 8. The van der Waals surface area contributed by atoms with Crippen molar-refractivity contribution in [3.05, 3.63) is 71.8 Å². The van der Waals surface area contributed by atoms with E-state index >= 15 is 0 Å². The van der Waals surface area contributed by atoms with E-state index in [4.69, 9.17) is 13.1 Å². The highest BCUT2D eigenvalue weighted by Crippen LogP contribution is 2.40. The van der Waals surface area contributed by atoms with Crippen LogP contribution in [0.15, 0.2) is 70.5 Å². The molecule has 0 amide bonds. The van der Waals surface area contributed by atoms with Gasteiger partial charge in [-0.3, -0.25) is 8.37 Å². The van der Waals surface area contributed by atoms with Gasteiger partial charge >= 0.3 is 0 Å². The molecule has 2 aliphatic rings. The van der Waals surface area contributed by atoms with Gasteiger partial charge in [0.2, 0.25) is 0 Å². The predicted octanol–water partition coefficient (Wildman–Crippen LogP) is 2.98. The van der Waals surface area contributed by atoms with Crippen LogP contribution in [-0.4, -0.2) is 42.3 Å². The Labute approximate surface area is 182 Å². The van der Waals surface area contributed by atoms with E-state index in [0.717, 1.165) is 11.1 Å². The van der Waals surface area contributed by atoms with Gasteiger partial charge in [-0.1, -0.05) is 47.5 Å². The fourth-order valence-electron chi connectivity index (χ4n) is 3.78. The highest BCUT2D eigenvalue weighted by molar-refractivity contribution is 7.87. The van der Waals surface area contributed by atoms with Crippen LogP contribution in [-0.2, 0) is 33.3 Å². The van der Waals surface area contributed by atoms with Gasteiger partial charge in [0.1, 0.15) is 0 Å². The Bertz CT molecular complexity index is 1070. The highest BCUT2D eigenvalue weighted by atomic mass is 32.2. The van der Waals surface area contributed by atoms with Gasteiger partial charge in [-0.2, -0.15) is 16.8 Å². The van der Waals surface area contributed by atoms with Gasteiger partial charge in [-0.05, 0) is 38.1 Å². The molecule has 4 rings (SSSR count). The molecule has 1 fully saturated rings. The van der Waals surface area contributed by atoms with Crippen molar-refractivity contribution in [3.63, 3.8) is 0 Å². The minimum Gasteiger partial charge on any atom is -0.366 e. The fourth-order valence-corrected chi connectivity index (χ4v) is 5.67. The molecule has 0 spiro atoms. The van der Waals surface area contributed by atoms with E-state index in [1.54, 1.807) is 24.3 Å². The highest BCUT2D eigenvalue weighted by Gasteiger charge is 2.47. The van der Waals surface area contributed by atoms with E-state index in [-0.39, 0.29) is 47.0 Å². The first kappa shape index (κ1) is 22.2. The van der Waals surface area contributed by atoms with Crippen LogP contribution in [0.1, 0.15) is 11.1 Å². The molecular weight excluding hydrogens is 440 g/mol. The van der Waals surface area contributed by atoms with E-state index in [2.05, 4.69) is 0 Å². The van der Waals surface area contributed by atoms with E-state index in [1.165, 1.54) is 24.3 Å². The number of fused-ring (bicyclic) bond motifs is 2. The Morgan fingerprint density at radius 2 is 1.03 bits per heavy atom. The fraction of sp³-hybridized carbons (Fsp3) is 0.364. The van der Waals surface area contributed by atoms with Crippen LogP contribution in [0.2, 0.25) is 0 Å². The molecule has 0 unspecified atom stereocenters. The topological polar surface area (TPSA) is 96.0 Å². The number of benzene rings is 2. The number of hydrogen-bond donors (Lipinski definition) is 0. The largest absolute Gasteiger partial charge is 0.366 e. The van der Waals surface area contributed by atoms with Gasteiger partial charge < -0.3 is 4.74 Å². The molecule has 1 saturated heterocycles. The first-order chi connectivity index (χ1) is 14.7. The SMILES string of the molecule is Cc1ccc(S(=O)(=O)OC[C@H]2[C@H](COS(=O)(=O)c3ccc(C)cc3)[C@H]3C=C[C@H]2O3)cc1. The minimum absolute atomic E-state index is 0.0764. The average Bonchev–Trinajstić information content (AvgIpc) is 3.33. The predicted molar refractivity (Wildman–Crippen MR) is 113 cm³/mol. The first-order valence-electron chi connectivity index (χ1n) is 9.92. The maximum Gasteiger partial charge on any atom is 0.296 e. The van der Waals surface area contributed by atoms with Crippen LogP contribution < -0.4 is 0 Å². The molecule has 0 aromatic heterocycles. The molecule has 2 aromatic rings. The Morgan fingerprint density at radius 3 is 1.39 bits per heavy atom. The van der Waals surface area contributed by atoms with Crippen molar-refractivity contribution in [2.24, 2.45) is 11.8 Å². The van der Waals surface area contributed by atoms with Gasteiger partial charge in [0.05, 0.1) is 35.2 Å². The van der Waals surface area contributed by atoms with Gasteiger partial charge in [-0.25, -0.2) is 0 Å². The van der Waals surface area contributed by atoms with Crippen LogP contribution in [0, 0.1) is 25.7 Å². The lowest BCUT2D eigenvalue weighted by Crippen LogP contribution is -2.33. The third-order valence-electron chi connectivity index (χ3n) is 5.65. The van der Waals surface area contributed by atoms with Gasteiger partial charge in [0, 0.05) is 11.8 Å². The molecule has 166 valence electrons. The third-order valence-corrected chi connectivity index (χ3v) is 8.24. The standard InChI is InChI=1S/C22H24O7S2/c1-15-3-7-17(8-4-15)30(23,24)27-13-19-20(22-12-11-21(19)29-22)14-28-31(25,26)18-9-5-16(2)6-10-18/h3-12,19-22H,13-14H2,1-2H3/t19-,20-,21+,22+/m0/s1. The zero-order chi connectivity index (χ0) is 22.2. The Hall–Kier alpha value is -2.04. The normalized spacial score (nSPS) is 25.2. The Morgan fingerprint density at radius 1 is 0.677 bits per heavy atom. The number of ether oxygens (including phenoxy) is 1. The van der Waals surface area contributed by atoms with Crippen LogP contribution in [0.5, 0.6) is 0 Å². The zero-order valence-electron chi connectivity index (χ0n) is 17.2. The quantitative estimate of drug-likeness (QED) is 0.438. The molecule has 2 aromatic carbocycles. The van der Waals surface area contributed by atoms with Crippen LogP contribution in [0.25, 0.3) is 0 Å². The van der Waals surface area contributed by atoms with Crippen LogP contribution in [0.4, 0.5) is 0 Å². The van der Waals surface area contributed by atoms with Crippen molar-refractivity contribution < 1.29 is 29.9 Å². The molecule has 2 aliphatic heterocycles. The summed E-state index contributed by atoms with van der Waals surface area (Å²) in [5.41, 5.74) is 1.88. The summed E-state index contributed by atoms with van der Waals surface area (Å²) in [5, 5.41) is 0. The van der Waals surface area contributed by atoms with Crippen molar-refractivity contribution in [2.75, 3.05) is 13.2 Å². The zero-order valence-corrected chi connectivity index (χ0v) is 18.8. The van der Waals surface area contributed by atoms with Crippen molar-refractivity contribution >= 4 is 20.2 Å². The summed E-state index contributed by atoms with van der Waals surface area (Å²) in [6.45, 7) is 3.48. The van der Waals surface area contributed by atoms with Gasteiger partial charge in [0.25, 0.3) is 20.2 Å². The van der Waals surface area contributed by atoms with E-state index in [1.807, 2.05) is 26.0 Å². The third kappa shape index (κ3) is 4.75. The second kappa shape index (κ2) is 8.48. The number of aryl methyl sites for hydroxylation is 2. The lowest BCUT2D eigenvalue weighted by Gasteiger charge is -2.24. The first-order valence-corrected chi connectivity index (χ1v) is 12.7. The molecule has 2 bridgehead atoms. The Balaban J connectivity index is 1.43. The van der Waals surface area contributed by atoms with Gasteiger partial charge in [-0.15, -0.1) is 0 Å². The lowest BCUT2D eigenvalue weighted by molar-refractivity contribution is 0.0940. The summed E-state index contributed by atoms with van der Waals surface area (Å²) in [4.78, 5) is 0.153. The summed E-state index contributed by atoms with van der Waals surface area (Å²) in [6, 6.07) is 12.8. The second-order valence-corrected chi connectivity index (χ2v) is 11.1. The maximum absolute atomic E-state index is 12.5. The number of hydrogen-bond acceptors (Lipinski definition) is 7. The van der Waals surface area contributed by atoms with Crippen LogP contribution >= 0.6 is 0 Å². The molecule has 9 heteroatoms. The monoisotopic (exact) mass is 464 g/mol. The van der Waals surface area contributed by atoms with Crippen molar-refractivity contribution in [3.8, 4) is 0 Å². The van der Waals surface area contributed by atoms with E-state index in [0.29, 0.717) is 0 Å². The molecule has 31 heavy (non-hydrogen) atoms. The summed E-state index contributed by atoms with van der Waals surface area (Å²) < 4.78 is 66.6. The Kier molecular flexibility index (Phi) is 6.06. The summed E-state index contributed by atoms with van der Waals surface area (Å²) >= 11 is 0. The molecular formula is C22H24O7S2. The molecule has 0 N–H and O–H groups in total. The molecule has 0 aliphatic carbocycles.